The number of guanidine groups is 1. The number of aliphatic imine (C=N–C) groups is 1. The second-order valence-electron chi connectivity index (χ2n) is 5.50. The van der Waals surface area contributed by atoms with Crippen molar-refractivity contribution in [1.82, 2.24) is 5.32 Å². The largest absolute Gasteiger partial charge is 0.373 e. The summed E-state index contributed by atoms with van der Waals surface area (Å²) in [6.07, 6.45) is 5.76. The highest BCUT2D eigenvalue weighted by Gasteiger charge is 2.19. The lowest BCUT2D eigenvalue weighted by atomic mass is 9.89. The first kappa shape index (κ1) is 19.2. The van der Waals surface area contributed by atoms with Gasteiger partial charge >= 0.3 is 0 Å². The van der Waals surface area contributed by atoms with Crippen molar-refractivity contribution >= 4 is 29.9 Å². The summed E-state index contributed by atoms with van der Waals surface area (Å²) in [5, 5.41) is 3.12. The van der Waals surface area contributed by atoms with E-state index in [2.05, 4.69) is 41.5 Å². The minimum Gasteiger partial charge on any atom is -0.373 e. The van der Waals surface area contributed by atoms with Gasteiger partial charge < -0.3 is 15.8 Å². The van der Waals surface area contributed by atoms with E-state index in [0.717, 1.165) is 39.0 Å². The number of nitrogens with zero attached hydrogens (tertiary/aromatic N) is 1. The molecule has 1 unspecified atom stereocenters. The van der Waals surface area contributed by atoms with Crippen LogP contribution in [0.15, 0.2) is 29.3 Å². The summed E-state index contributed by atoms with van der Waals surface area (Å²) in [5.41, 5.74) is 8.57. The van der Waals surface area contributed by atoms with E-state index in [-0.39, 0.29) is 30.1 Å². The lowest BCUT2D eigenvalue weighted by Crippen LogP contribution is -2.33. The molecule has 0 radical (unpaired) electrons. The Morgan fingerprint density at radius 1 is 1.41 bits per heavy atom. The number of benzene rings is 1. The molecule has 5 heteroatoms. The van der Waals surface area contributed by atoms with Crippen LogP contribution in [0.5, 0.6) is 0 Å². The van der Waals surface area contributed by atoms with E-state index >= 15 is 0 Å². The fourth-order valence-corrected chi connectivity index (χ4v) is 2.68. The Labute approximate surface area is 150 Å². The van der Waals surface area contributed by atoms with E-state index in [1.165, 1.54) is 24.0 Å². The van der Waals surface area contributed by atoms with E-state index in [1.54, 1.807) is 0 Å². The Hall–Kier alpha value is -0.820. The molecule has 0 bridgehead atoms. The molecule has 2 rings (SSSR count). The second-order valence-corrected chi connectivity index (χ2v) is 5.50. The maximum atomic E-state index is 6.05. The molecule has 0 saturated carbocycles. The van der Waals surface area contributed by atoms with Gasteiger partial charge in [-0.15, -0.1) is 24.0 Å². The van der Waals surface area contributed by atoms with E-state index in [4.69, 9.17) is 10.5 Å². The number of hydrogen-bond donors (Lipinski definition) is 2. The van der Waals surface area contributed by atoms with Crippen molar-refractivity contribution < 1.29 is 4.74 Å². The van der Waals surface area contributed by atoms with Gasteiger partial charge in [-0.2, -0.15) is 0 Å². The summed E-state index contributed by atoms with van der Waals surface area (Å²) in [5.74, 6) is 0.542. The molecule has 0 heterocycles. The maximum absolute atomic E-state index is 6.05. The number of ether oxygens (including phenoxy) is 1. The number of rotatable bonds is 7. The maximum Gasteiger partial charge on any atom is 0.188 e. The molecule has 0 spiro atoms. The highest BCUT2D eigenvalue weighted by Crippen LogP contribution is 2.32. The summed E-state index contributed by atoms with van der Waals surface area (Å²) in [6, 6.07) is 8.64. The van der Waals surface area contributed by atoms with Gasteiger partial charge in [0.05, 0.1) is 6.10 Å². The zero-order valence-corrected chi connectivity index (χ0v) is 15.7. The van der Waals surface area contributed by atoms with Crippen molar-refractivity contribution in [2.45, 2.75) is 45.1 Å². The number of nitrogens with two attached hydrogens (primary N) is 1. The highest BCUT2D eigenvalue weighted by atomic mass is 127. The molecule has 0 fully saturated rings. The van der Waals surface area contributed by atoms with Gasteiger partial charge in [-0.25, -0.2) is 0 Å². The lowest BCUT2D eigenvalue weighted by molar-refractivity contribution is 0.0398. The van der Waals surface area contributed by atoms with E-state index in [9.17, 15) is 0 Å². The quantitative estimate of drug-likeness (QED) is 0.310. The van der Waals surface area contributed by atoms with E-state index in [1.807, 2.05) is 0 Å². The van der Waals surface area contributed by atoms with Crippen LogP contribution in [0.25, 0.3) is 0 Å². The van der Waals surface area contributed by atoms with Gasteiger partial charge in [-0.1, -0.05) is 31.2 Å². The number of hydrogen-bond acceptors (Lipinski definition) is 2. The Kier molecular flexibility index (Phi) is 9.47. The second kappa shape index (κ2) is 10.8. The molecule has 1 aromatic rings. The zero-order valence-electron chi connectivity index (χ0n) is 13.4. The van der Waals surface area contributed by atoms with Crippen molar-refractivity contribution in [3.8, 4) is 0 Å². The normalized spacial score (nSPS) is 17.5. The lowest BCUT2D eigenvalue weighted by Gasteiger charge is -2.25. The minimum absolute atomic E-state index is 0. The van der Waals surface area contributed by atoms with Crippen LogP contribution in [0.1, 0.15) is 49.8 Å². The summed E-state index contributed by atoms with van der Waals surface area (Å²) in [7, 11) is 0. The molecule has 124 valence electrons. The molecule has 1 aliphatic carbocycles. The van der Waals surface area contributed by atoms with Crippen molar-refractivity contribution in [1.29, 1.82) is 0 Å². The molecular formula is C17H28IN3O. The number of halogens is 1. The summed E-state index contributed by atoms with van der Waals surface area (Å²) in [6.45, 7) is 4.45. The van der Waals surface area contributed by atoms with Gasteiger partial charge in [0.2, 0.25) is 0 Å². The summed E-state index contributed by atoms with van der Waals surface area (Å²) in [4.78, 5) is 4.20. The molecule has 0 aromatic heterocycles. The van der Waals surface area contributed by atoms with Crippen LogP contribution in [0, 0.1) is 0 Å². The SMILES string of the molecule is CCCN=C(N)NCCCOC1CCCc2ccccc21.I. The molecule has 1 aromatic carbocycles. The molecule has 22 heavy (non-hydrogen) atoms. The van der Waals surface area contributed by atoms with Gasteiger partial charge in [-0.05, 0) is 43.2 Å². The van der Waals surface area contributed by atoms with Crippen molar-refractivity contribution in [2.75, 3.05) is 19.7 Å². The molecule has 0 aliphatic heterocycles. The summed E-state index contributed by atoms with van der Waals surface area (Å²) >= 11 is 0. The van der Waals surface area contributed by atoms with Crippen molar-refractivity contribution in [3.05, 3.63) is 35.4 Å². The van der Waals surface area contributed by atoms with E-state index in [0.29, 0.717) is 5.96 Å². The molecule has 1 aliphatic rings. The third-order valence-corrected chi connectivity index (χ3v) is 3.77. The topological polar surface area (TPSA) is 59.6 Å². The van der Waals surface area contributed by atoms with Crippen LogP contribution < -0.4 is 11.1 Å². The Morgan fingerprint density at radius 2 is 2.23 bits per heavy atom. The van der Waals surface area contributed by atoms with Crippen LogP contribution in [-0.2, 0) is 11.2 Å². The standard InChI is InChI=1S/C17H27N3O.HI/c1-2-11-19-17(18)20-12-6-13-21-16-10-5-8-14-7-3-4-9-15(14)16;/h3-4,7,9,16H,2,5-6,8,10-13H2,1H3,(H3,18,19,20);1H. The molecule has 1 atom stereocenters. The van der Waals surface area contributed by atoms with Gasteiger partial charge in [-0.3, -0.25) is 4.99 Å². The Bertz CT molecular complexity index is 465. The number of aryl methyl sites for hydroxylation is 1. The fraction of sp³-hybridized carbons (Fsp3) is 0.588. The van der Waals surface area contributed by atoms with Crippen LogP contribution in [-0.4, -0.2) is 25.7 Å². The molecule has 4 nitrogen and oxygen atoms in total. The monoisotopic (exact) mass is 417 g/mol. The molecular weight excluding hydrogens is 389 g/mol. The van der Waals surface area contributed by atoms with Gasteiger partial charge in [0.15, 0.2) is 5.96 Å². The molecule has 0 saturated heterocycles. The first-order chi connectivity index (χ1) is 10.3. The highest BCUT2D eigenvalue weighted by molar-refractivity contribution is 14.0. The summed E-state index contributed by atoms with van der Waals surface area (Å²) < 4.78 is 6.05. The first-order valence-electron chi connectivity index (χ1n) is 8.04. The van der Waals surface area contributed by atoms with Crippen molar-refractivity contribution in [2.24, 2.45) is 10.7 Å². The van der Waals surface area contributed by atoms with Crippen LogP contribution >= 0.6 is 24.0 Å². The van der Waals surface area contributed by atoms with E-state index < -0.39 is 0 Å². The number of fused-ring (bicyclic) bond motifs is 1. The van der Waals surface area contributed by atoms with Crippen LogP contribution in [0.2, 0.25) is 0 Å². The Balaban J connectivity index is 0.00000242. The van der Waals surface area contributed by atoms with Crippen LogP contribution in [0.4, 0.5) is 0 Å². The number of nitrogens with one attached hydrogen (secondary N) is 1. The average Bonchev–Trinajstić information content (AvgIpc) is 2.52. The van der Waals surface area contributed by atoms with Gasteiger partial charge in [0.1, 0.15) is 0 Å². The minimum atomic E-state index is 0. The Morgan fingerprint density at radius 3 is 3.05 bits per heavy atom. The first-order valence-corrected chi connectivity index (χ1v) is 8.04. The van der Waals surface area contributed by atoms with Gasteiger partial charge in [0, 0.05) is 19.7 Å². The third-order valence-electron chi connectivity index (χ3n) is 3.77. The fourth-order valence-electron chi connectivity index (χ4n) is 2.68. The van der Waals surface area contributed by atoms with Crippen LogP contribution in [0.3, 0.4) is 0 Å². The third kappa shape index (κ3) is 6.12. The molecule has 3 N–H and O–H groups in total. The smallest absolute Gasteiger partial charge is 0.188 e. The predicted molar refractivity (Wildman–Crippen MR) is 103 cm³/mol. The zero-order chi connectivity index (χ0) is 14.9. The predicted octanol–water partition coefficient (Wildman–Crippen LogP) is 3.40. The average molecular weight is 417 g/mol. The molecule has 0 amide bonds. The van der Waals surface area contributed by atoms with Gasteiger partial charge in [0.25, 0.3) is 0 Å². The van der Waals surface area contributed by atoms with Crippen molar-refractivity contribution in [3.63, 3.8) is 0 Å².